The van der Waals surface area contributed by atoms with Gasteiger partial charge in [0.1, 0.15) is 5.75 Å². The van der Waals surface area contributed by atoms with E-state index in [0.29, 0.717) is 13.0 Å². The summed E-state index contributed by atoms with van der Waals surface area (Å²) in [6.45, 7) is 7.53. The molecule has 3 aromatic carbocycles. The molecule has 1 spiro atoms. The van der Waals surface area contributed by atoms with Crippen LogP contribution in [0.2, 0.25) is 18.6 Å². The third-order valence-electron chi connectivity index (χ3n) is 9.87. The number of nitrogens with zero attached hydrogens (tertiary/aromatic N) is 4. The summed E-state index contributed by atoms with van der Waals surface area (Å²) in [5.74, 6) is 0.548. The van der Waals surface area contributed by atoms with Gasteiger partial charge < -0.3 is 19.5 Å². The molecule has 1 amide bonds. The molecule has 1 unspecified atom stereocenters. The number of rotatable bonds is 9. The minimum Gasteiger partial charge on any atom is -0.497 e. The largest absolute Gasteiger partial charge is 0.497 e. The van der Waals surface area contributed by atoms with Gasteiger partial charge in [0.25, 0.3) is 5.91 Å². The molecule has 1 N–H and O–H groups in total. The molecule has 44 heavy (non-hydrogen) atoms. The van der Waals surface area contributed by atoms with Crippen molar-refractivity contribution in [2.24, 2.45) is 5.92 Å². The number of amides is 1. The number of carbonyl (C=O) groups excluding carboxylic acids is 1. The Hall–Kier alpha value is -3.06. The molecule has 5 atom stereocenters. The third kappa shape index (κ3) is 5.09. The predicted octanol–water partition coefficient (Wildman–Crippen LogP) is 5.30. The standard InChI is InChI=1S/C34H39IN4O4Si/c1-22-32(44(4,5)26-14-12-25(42-3)13-15-26)31(43-34(22)28-19-24(35)11-16-30(28)38(2)33(34)41)17-18-39-20-29(36-37-39)27(21-40)23-9-7-6-8-10-23/h6-16,19-20,22,27,31-32,40H,17-18,21H2,1-5H3/t22-,27?,31+,32-,34+/m1/s1. The summed E-state index contributed by atoms with van der Waals surface area (Å²) in [6.07, 6.45) is 2.43. The average Bonchev–Trinajstić information content (AvgIpc) is 3.68. The molecule has 8 nitrogen and oxygen atoms in total. The summed E-state index contributed by atoms with van der Waals surface area (Å²) < 4.78 is 15.5. The van der Waals surface area contributed by atoms with E-state index in [1.54, 1.807) is 12.0 Å². The lowest BCUT2D eigenvalue weighted by Gasteiger charge is -2.37. The highest BCUT2D eigenvalue weighted by atomic mass is 127. The maximum absolute atomic E-state index is 14.2. The highest BCUT2D eigenvalue weighted by molar-refractivity contribution is 14.1. The van der Waals surface area contributed by atoms with Crippen molar-refractivity contribution in [3.8, 4) is 5.75 Å². The first-order valence-electron chi connectivity index (χ1n) is 15.1. The van der Waals surface area contributed by atoms with Gasteiger partial charge in [-0.25, -0.2) is 0 Å². The van der Waals surface area contributed by atoms with Crippen LogP contribution in [-0.2, 0) is 21.7 Å². The van der Waals surface area contributed by atoms with Gasteiger partial charge in [0.05, 0.1) is 45.2 Å². The molecule has 0 radical (unpaired) electrons. The second-order valence-corrected chi connectivity index (χ2v) is 18.5. The van der Waals surface area contributed by atoms with Gasteiger partial charge in [-0.2, -0.15) is 0 Å². The summed E-state index contributed by atoms with van der Waals surface area (Å²) in [7, 11) is 1.32. The van der Waals surface area contributed by atoms with E-state index in [-0.39, 0.29) is 36.0 Å². The molecule has 0 aliphatic carbocycles. The Morgan fingerprint density at radius 3 is 2.52 bits per heavy atom. The Kier molecular flexibility index (Phi) is 8.46. The number of carbonyl (C=O) groups is 1. The Morgan fingerprint density at radius 1 is 1.11 bits per heavy atom. The highest BCUT2D eigenvalue weighted by Crippen LogP contribution is 2.59. The topological polar surface area (TPSA) is 89.7 Å². The van der Waals surface area contributed by atoms with Crippen LogP contribution in [0.1, 0.15) is 36.1 Å². The number of aliphatic hydroxyl groups excluding tert-OH is 1. The van der Waals surface area contributed by atoms with Crippen molar-refractivity contribution in [3.05, 3.63) is 99.4 Å². The van der Waals surface area contributed by atoms with Crippen LogP contribution in [0.15, 0.2) is 79.0 Å². The van der Waals surface area contributed by atoms with Crippen LogP contribution in [0.3, 0.4) is 0 Å². The average molecular weight is 723 g/mol. The van der Waals surface area contributed by atoms with Crippen molar-refractivity contribution in [2.45, 2.75) is 56.1 Å². The van der Waals surface area contributed by atoms with Gasteiger partial charge in [-0.1, -0.05) is 72.9 Å². The molecule has 1 saturated heterocycles. The Morgan fingerprint density at radius 2 is 1.84 bits per heavy atom. The van der Waals surface area contributed by atoms with Gasteiger partial charge in [0.15, 0.2) is 5.60 Å². The number of halogens is 1. The number of benzene rings is 3. The molecule has 1 fully saturated rings. The monoisotopic (exact) mass is 722 g/mol. The van der Waals surface area contributed by atoms with E-state index in [2.05, 4.69) is 71.1 Å². The van der Waals surface area contributed by atoms with Crippen LogP contribution in [0, 0.1) is 9.49 Å². The summed E-state index contributed by atoms with van der Waals surface area (Å²) in [5.41, 5.74) is 2.73. The molecule has 4 aromatic rings. The zero-order chi connectivity index (χ0) is 31.2. The molecule has 0 saturated carbocycles. The number of methoxy groups -OCH3 is 1. The van der Waals surface area contributed by atoms with E-state index in [9.17, 15) is 9.90 Å². The molecule has 10 heteroatoms. The number of aryl methyl sites for hydroxylation is 1. The molecule has 1 aromatic heterocycles. The maximum atomic E-state index is 14.2. The van der Waals surface area contributed by atoms with E-state index in [0.717, 1.165) is 31.8 Å². The second kappa shape index (κ2) is 12.0. The fourth-order valence-electron chi connectivity index (χ4n) is 7.56. The van der Waals surface area contributed by atoms with Crippen molar-refractivity contribution < 1.29 is 19.4 Å². The molecule has 2 aliphatic heterocycles. The van der Waals surface area contributed by atoms with Crippen molar-refractivity contribution in [3.63, 3.8) is 0 Å². The van der Waals surface area contributed by atoms with Gasteiger partial charge in [-0.15, -0.1) is 5.10 Å². The summed E-state index contributed by atoms with van der Waals surface area (Å²) in [4.78, 5) is 16.0. The first-order valence-corrected chi connectivity index (χ1v) is 19.2. The number of anilines is 1. The smallest absolute Gasteiger partial charge is 0.264 e. The molecular formula is C34H39IN4O4Si. The number of aliphatic hydroxyl groups is 1. The number of ether oxygens (including phenoxy) is 2. The number of likely N-dealkylation sites (N-methyl/N-ethyl adjacent to an activating group) is 1. The number of aromatic nitrogens is 3. The zero-order valence-electron chi connectivity index (χ0n) is 25.8. The van der Waals surface area contributed by atoms with Crippen molar-refractivity contribution >= 4 is 47.4 Å². The molecular weight excluding hydrogens is 683 g/mol. The number of fused-ring (bicyclic) bond motifs is 2. The molecule has 3 heterocycles. The van der Waals surface area contributed by atoms with Crippen LogP contribution in [0.25, 0.3) is 0 Å². The maximum Gasteiger partial charge on any atom is 0.264 e. The zero-order valence-corrected chi connectivity index (χ0v) is 28.9. The van der Waals surface area contributed by atoms with E-state index >= 15 is 0 Å². The van der Waals surface area contributed by atoms with Crippen LogP contribution in [0.5, 0.6) is 5.75 Å². The summed E-state index contributed by atoms with van der Waals surface area (Å²) >= 11 is 2.32. The minimum atomic E-state index is -2.22. The van der Waals surface area contributed by atoms with E-state index in [1.165, 1.54) is 5.19 Å². The van der Waals surface area contributed by atoms with Crippen molar-refractivity contribution in [1.29, 1.82) is 0 Å². The first kappa shape index (κ1) is 30.9. The lowest BCUT2D eigenvalue weighted by Crippen LogP contribution is -2.51. The summed E-state index contributed by atoms with van der Waals surface area (Å²) in [6, 6.07) is 24.5. The third-order valence-corrected chi connectivity index (χ3v) is 14.9. The lowest BCUT2D eigenvalue weighted by molar-refractivity contribution is -0.145. The van der Waals surface area contributed by atoms with Crippen LogP contribution < -0.4 is 14.8 Å². The van der Waals surface area contributed by atoms with Crippen molar-refractivity contribution in [2.75, 3.05) is 25.7 Å². The predicted molar refractivity (Wildman–Crippen MR) is 182 cm³/mol. The fraction of sp³-hybridized carbons (Fsp3) is 0.382. The van der Waals surface area contributed by atoms with E-state index < -0.39 is 13.7 Å². The van der Waals surface area contributed by atoms with Gasteiger partial charge in [0.2, 0.25) is 0 Å². The van der Waals surface area contributed by atoms with E-state index in [4.69, 9.17) is 9.47 Å². The molecule has 230 valence electrons. The first-order chi connectivity index (χ1) is 21.1. The van der Waals surface area contributed by atoms with Crippen molar-refractivity contribution in [1.82, 2.24) is 15.0 Å². The van der Waals surface area contributed by atoms with Crippen LogP contribution in [0.4, 0.5) is 5.69 Å². The van der Waals surface area contributed by atoms with Crippen LogP contribution >= 0.6 is 22.6 Å². The second-order valence-electron chi connectivity index (χ2n) is 12.5. The normalized spacial score (nSPS) is 23.8. The summed E-state index contributed by atoms with van der Waals surface area (Å²) in [5, 5.41) is 20.3. The minimum absolute atomic E-state index is 0.00530. The number of hydrogen-bond acceptors (Lipinski definition) is 6. The lowest BCUT2D eigenvalue weighted by atomic mass is 9.82. The molecule has 6 rings (SSSR count). The van der Waals surface area contributed by atoms with Gasteiger partial charge in [0, 0.05) is 34.8 Å². The number of hydrogen-bond donors (Lipinski definition) is 1. The SMILES string of the molecule is COc1ccc([Si](C)(C)[C@H]2[C@H](CCn3cc(C(CO)c4ccccc4)nn3)O[C@@]3(C(=O)N(C)c4ccc(I)cc43)[C@@H]2C)cc1. The van der Waals surface area contributed by atoms with Crippen LogP contribution in [-0.4, -0.2) is 60.9 Å². The highest BCUT2D eigenvalue weighted by Gasteiger charge is 2.65. The van der Waals surface area contributed by atoms with Gasteiger partial charge in [-0.3, -0.25) is 9.48 Å². The molecule has 2 aliphatic rings. The molecule has 0 bridgehead atoms. The Balaban J connectivity index is 1.35. The fourth-order valence-corrected chi connectivity index (χ4v) is 12.1. The van der Waals surface area contributed by atoms with Gasteiger partial charge >= 0.3 is 0 Å². The Labute approximate surface area is 273 Å². The quantitative estimate of drug-likeness (QED) is 0.187. The van der Waals surface area contributed by atoms with E-state index in [1.807, 2.05) is 72.5 Å². The van der Waals surface area contributed by atoms with Gasteiger partial charge in [-0.05, 0) is 70.4 Å². The Bertz CT molecular complexity index is 1650.